The molecule has 0 aliphatic carbocycles. The van der Waals surface area contributed by atoms with Crippen LogP contribution in [0.25, 0.3) is 10.9 Å². The van der Waals surface area contributed by atoms with Crippen LogP contribution in [0.3, 0.4) is 0 Å². The molecule has 2 heteroatoms. The Bertz CT molecular complexity index is 443. The van der Waals surface area contributed by atoms with Crippen molar-refractivity contribution in [1.29, 1.82) is 0 Å². The highest BCUT2D eigenvalue weighted by molar-refractivity contribution is 7.98. The van der Waals surface area contributed by atoms with E-state index in [-0.39, 0.29) is 0 Å². The van der Waals surface area contributed by atoms with E-state index < -0.39 is 0 Å². The van der Waals surface area contributed by atoms with Gasteiger partial charge in [0, 0.05) is 28.5 Å². The summed E-state index contributed by atoms with van der Waals surface area (Å²) in [6.45, 7) is 2.17. The van der Waals surface area contributed by atoms with Gasteiger partial charge < -0.3 is 4.57 Å². The molecule has 0 N–H and O–H groups in total. The van der Waals surface area contributed by atoms with Gasteiger partial charge in [-0.1, -0.05) is 18.2 Å². The molecule has 0 saturated carbocycles. The Labute approximate surface area is 82.8 Å². The Morgan fingerprint density at radius 1 is 1.23 bits per heavy atom. The minimum Gasteiger partial charge on any atom is -0.347 e. The summed E-state index contributed by atoms with van der Waals surface area (Å²) in [5.74, 6) is 0. The lowest BCUT2D eigenvalue weighted by atomic mass is 10.2. The van der Waals surface area contributed by atoms with Crippen molar-refractivity contribution in [2.75, 3.05) is 6.26 Å². The van der Waals surface area contributed by atoms with Crippen LogP contribution in [-0.2, 0) is 7.05 Å². The van der Waals surface area contributed by atoms with Gasteiger partial charge in [0.25, 0.3) is 0 Å². The molecule has 0 aliphatic heterocycles. The lowest BCUT2D eigenvalue weighted by Gasteiger charge is -1.97. The summed E-state index contributed by atoms with van der Waals surface area (Å²) in [6.07, 6.45) is 2.13. The summed E-state index contributed by atoms with van der Waals surface area (Å²) in [6, 6.07) is 8.55. The Morgan fingerprint density at radius 2 is 1.92 bits per heavy atom. The van der Waals surface area contributed by atoms with Gasteiger partial charge in [0.15, 0.2) is 0 Å². The molecule has 68 valence electrons. The molecule has 0 amide bonds. The Hall–Kier alpha value is -0.890. The highest BCUT2D eigenvalue weighted by atomic mass is 32.2. The van der Waals surface area contributed by atoms with Crippen LogP contribution in [-0.4, -0.2) is 10.8 Å². The van der Waals surface area contributed by atoms with Gasteiger partial charge in [-0.15, -0.1) is 11.8 Å². The first-order valence-electron chi connectivity index (χ1n) is 4.33. The van der Waals surface area contributed by atoms with Crippen LogP contribution in [0.15, 0.2) is 29.2 Å². The van der Waals surface area contributed by atoms with Gasteiger partial charge in [-0.05, 0) is 19.2 Å². The fraction of sp³-hybridized carbons (Fsp3) is 0.273. The van der Waals surface area contributed by atoms with Crippen LogP contribution in [0, 0.1) is 6.92 Å². The molecule has 1 aromatic heterocycles. The van der Waals surface area contributed by atoms with Crippen molar-refractivity contribution in [3.63, 3.8) is 0 Å². The number of rotatable bonds is 1. The van der Waals surface area contributed by atoms with Gasteiger partial charge in [0.2, 0.25) is 0 Å². The molecule has 0 bridgehead atoms. The standard InChI is InChI=1S/C11H13NS/c1-8-11(13-3)9-6-4-5-7-10(9)12(8)2/h4-7H,1-3H3. The van der Waals surface area contributed by atoms with Gasteiger partial charge in [0.1, 0.15) is 0 Å². The van der Waals surface area contributed by atoms with E-state index in [2.05, 4.69) is 49.1 Å². The van der Waals surface area contributed by atoms with E-state index >= 15 is 0 Å². The lowest BCUT2D eigenvalue weighted by Crippen LogP contribution is -1.89. The van der Waals surface area contributed by atoms with E-state index in [1.54, 1.807) is 0 Å². The van der Waals surface area contributed by atoms with Crippen LogP contribution in [0.1, 0.15) is 5.69 Å². The molecule has 13 heavy (non-hydrogen) atoms. The van der Waals surface area contributed by atoms with Crippen molar-refractivity contribution in [3.05, 3.63) is 30.0 Å². The molecule has 1 heterocycles. The molecule has 0 fully saturated rings. The first-order valence-corrected chi connectivity index (χ1v) is 5.56. The number of aromatic nitrogens is 1. The van der Waals surface area contributed by atoms with Crippen molar-refractivity contribution in [3.8, 4) is 0 Å². The third-order valence-electron chi connectivity index (χ3n) is 2.55. The quantitative estimate of drug-likeness (QED) is 0.627. The number of aryl methyl sites for hydroxylation is 1. The van der Waals surface area contributed by atoms with Gasteiger partial charge in [0.05, 0.1) is 0 Å². The lowest BCUT2D eigenvalue weighted by molar-refractivity contribution is 0.901. The highest BCUT2D eigenvalue weighted by Gasteiger charge is 2.08. The molecule has 1 aromatic carbocycles. The van der Waals surface area contributed by atoms with E-state index in [1.807, 2.05) is 11.8 Å². The summed E-state index contributed by atoms with van der Waals surface area (Å²) < 4.78 is 2.25. The summed E-state index contributed by atoms with van der Waals surface area (Å²) in [5, 5.41) is 1.37. The molecular formula is C11H13NS. The molecule has 1 nitrogen and oxygen atoms in total. The zero-order valence-electron chi connectivity index (χ0n) is 8.16. The summed E-state index contributed by atoms with van der Waals surface area (Å²) in [5.41, 5.74) is 2.68. The number of nitrogens with zero attached hydrogens (tertiary/aromatic N) is 1. The molecule has 0 atom stereocenters. The summed E-state index contributed by atoms with van der Waals surface area (Å²) >= 11 is 1.82. The molecule has 2 aromatic rings. The van der Waals surface area contributed by atoms with E-state index in [9.17, 15) is 0 Å². The van der Waals surface area contributed by atoms with Crippen molar-refractivity contribution < 1.29 is 0 Å². The van der Waals surface area contributed by atoms with E-state index in [0.29, 0.717) is 0 Å². The predicted molar refractivity (Wildman–Crippen MR) is 59.4 cm³/mol. The van der Waals surface area contributed by atoms with Crippen LogP contribution in [0.5, 0.6) is 0 Å². The highest BCUT2D eigenvalue weighted by Crippen LogP contribution is 2.31. The fourth-order valence-electron chi connectivity index (χ4n) is 1.74. The minimum absolute atomic E-state index is 1.32. The molecule has 0 saturated heterocycles. The third kappa shape index (κ3) is 1.17. The fourth-order valence-corrected chi connectivity index (χ4v) is 2.57. The number of para-hydroxylation sites is 1. The third-order valence-corrected chi connectivity index (χ3v) is 3.47. The summed E-state index contributed by atoms with van der Waals surface area (Å²) in [4.78, 5) is 1.40. The topological polar surface area (TPSA) is 4.93 Å². The molecular weight excluding hydrogens is 178 g/mol. The van der Waals surface area contributed by atoms with Gasteiger partial charge >= 0.3 is 0 Å². The van der Waals surface area contributed by atoms with Crippen molar-refractivity contribution in [2.24, 2.45) is 7.05 Å². The van der Waals surface area contributed by atoms with Gasteiger partial charge in [-0.25, -0.2) is 0 Å². The Kier molecular flexibility index (Phi) is 2.08. The first kappa shape index (κ1) is 8.70. The second-order valence-corrected chi connectivity index (χ2v) is 4.01. The van der Waals surface area contributed by atoms with Gasteiger partial charge in [-0.3, -0.25) is 0 Å². The zero-order chi connectivity index (χ0) is 9.42. The first-order chi connectivity index (χ1) is 6.25. The van der Waals surface area contributed by atoms with Crippen LogP contribution in [0.2, 0.25) is 0 Å². The maximum atomic E-state index is 2.25. The average Bonchev–Trinajstić information content (AvgIpc) is 2.41. The second kappa shape index (κ2) is 3.11. The monoisotopic (exact) mass is 191 g/mol. The Balaban J connectivity index is 2.90. The number of fused-ring (bicyclic) bond motifs is 1. The normalized spacial score (nSPS) is 11.0. The molecule has 0 spiro atoms. The number of benzene rings is 1. The van der Waals surface area contributed by atoms with E-state index in [4.69, 9.17) is 0 Å². The smallest absolute Gasteiger partial charge is 0.0491 e. The zero-order valence-corrected chi connectivity index (χ0v) is 8.98. The number of hydrogen-bond acceptors (Lipinski definition) is 1. The van der Waals surface area contributed by atoms with Crippen molar-refractivity contribution >= 4 is 22.7 Å². The van der Waals surface area contributed by atoms with Crippen LogP contribution >= 0.6 is 11.8 Å². The SMILES string of the molecule is CSc1c(C)n(C)c2ccccc12. The van der Waals surface area contributed by atoms with Crippen molar-refractivity contribution in [1.82, 2.24) is 4.57 Å². The molecule has 0 aliphatic rings. The largest absolute Gasteiger partial charge is 0.347 e. The van der Waals surface area contributed by atoms with Crippen molar-refractivity contribution in [2.45, 2.75) is 11.8 Å². The molecule has 0 radical (unpaired) electrons. The summed E-state index contributed by atoms with van der Waals surface area (Å²) in [7, 11) is 2.12. The minimum atomic E-state index is 1.32. The average molecular weight is 191 g/mol. The van der Waals surface area contributed by atoms with Crippen LogP contribution < -0.4 is 0 Å². The maximum absolute atomic E-state index is 2.25. The number of thioether (sulfide) groups is 1. The van der Waals surface area contributed by atoms with E-state index in [1.165, 1.54) is 21.5 Å². The number of hydrogen-bond donors (Lipinski definition) is 0. The predicted octanol–water partition coefficient (Wildman–Crippen LogP) is 3.21. The van der Waals surface area contributed by atoms with E-state index in [0.717, 1.165) is 0 Å². The Morgan fingerprint density at radius 3 is 2.62 bits per heavy atom. The van der Waals surface area contributed by atoms with Gasteiger partial charge in [-0.2, -0.15) is 0 Å². The molecule has 0 unspecified atom stereocenters. The second-order valence-electron chi connectivity index (χ2n) is 3.19. The maximum Gasteiger partial charge on any atom is 0.0491 e. The van der Waals surface area contributed by atoms with Crippen LogP contribution in [0.4, 0.5) is 0 Å². The molecule has 2 rings (SSSR count).